The second-order valence-electron chi connectivity index (χ2n) is 6.91. The molecule has 3 amide bonds. The first kappa shape index (κ1) is 19.5. The second kappa shape index (κ2) is 8.65. The van der Waals surface area contributed by atoms with Crippen LogP contribution in [0.5, 0.6) is 0 Å². The minimum absolute atomic E-state index is 0.0696. The van der Waals surface area contributed by atoms with E-state index < -0.39 is 17.6 Å². The van der Waals surface area contributed by atoms with Crippen molar-refractivity contribution >= 4 is 23.4 Å². The number of halogens is 1. The molecule has 3 rings (SSSR count). The third kappa shape index (κ3) is 4.94. The van der Waals surface area contributed by atoms with Gasteiger partial charge < -0.3 is 15.1 Å². The highest BCUT2D eigenvalue weighted by Crippen LogP contribution is 2.22. The minimum atomic E-state index is -0.469. The van der Waals surface area contributed by atoms with Crippen molar-refractivity contribution in [3.8, 4) is 0 Å². The van der Waals surface area contributed by atoms with Gasteiger partial charge in [0.1, 0.15) is 5.82 Å². The summed E-state index contributed by atoms with van der Waals surface area (Å²) in [5.74, 6) is -1.67. The first-order valence-electron chi connectivity index (χ1n) is 9.04. The van der Waals surface area contributed by atoms with Gasteiger partial charge in [0.05, 0.1) is 12.5 Å². The van der Waals surface area contributed by atoms with Crippen molar-refractivity contribution in [2.75, 3.05) is 25.5 Å². The second-order valence-corrected chi connectivity index (χ2v) is 6.91. The van der Waals surface area contributed by atoms with Gasteiger partial charge in [0.2, 0.25) is 17.7 Å². The number of likely N-dealkylation sites (N-methyl/N-ethyl adjacent to an activating group) is 1. The summed E-state index contributed by atoms with van der Waals surface area (Å²) in [6, 6.07) is 15.1. The lowest BCUT2D eigenvalue weighted by atomic mass is 10.1. The van der Waals surface area contributed by atoms with Crippen LogP contribution in [0.4, 0.5) is 10.1 Å². The molecule has 1 aliphatic rings. The van der Waals surface area contributed by atoms with Crippen LogP contribution in [0.2, 0.25) is 0 Å². The molecule has 1 atom stereocenters. The number of rotatable bonds is 6. The summed E-state index contributed by atoms with van der Waals surface area (Å²) >= 11 is 0. The normalized spacial score (nSPS) is 16.1. The number of likely N-dealkylation sites (tertiary alicyclic amines) is 1. The van der Waals surface area contributed by atoms with Crippen LogP contribution in [0, 0.1) is 11.7 Å². The van der Waals surface area contributed by atoms with Gasteiger partial charge in [0.15, 0.2) is 0 Å². The van der Waals surface area contributed by atoms with E-state index in [-0.39, 0.29) is 24.8 Å². The van der Waals surface area contributed by atoms with Gasteiger partial charge in [-0.25, -0.2) is 4.39 Å². The van der Waals surface area contributed by atoms with Crippen molar-refractivity contribution in [2.24, 2.45) is 5.92 Å². The van der Waals surface area contributed by atoms with E-state index in [9.17, 15) is 18.8 Å². The van der Waals surface area contributed by atoms with Crippen LogP contribution >= 0.6 is 0 Å². The first-order chi connectivity index (χ1) is 13.4. The van der Waals surface area contributed by atoms with E-state index in [1.807, 2.05) is 30.3 Å². The van der Waals surface area contributed by atoms with Gasteiger partial charge in [-0.2, -0.15) is 0 Å². The average Bonchev–Trinajstić information content (AvgIpc) is 3.02. The lowest BCUT2D eigenvalue weighted by molar-refractivity contribution is -0.137. The van der Waals surface area contributed by atoms with E-state index >= 15 is 0 Å². The van der Waals surface area contributed by atoms with Gasteiger partial charge in [-0.3, -0.25) is 14.4 Å². The molecule has 1 heterocycles. The summed E-state index contributed by atoms with van der Waals surface area (Å²) in [7, 11) is 1.53. The predicted octanol–water partition coefficient (Wildman–Crippen LogP) is 2.27. The molecule has 0 bridgehead atoms. The van der Waals surface area contributed by atoms with E-state index in [2.05, 4.69) is 5.32 Å². The molecule has 0 radical (unpaired) electrons. The Balaban J connectivity index is 1.53. The summed E-state index contributed by atoms with van der Waals surface area (Å²) < 4.78 is 13.2. The first-order valence-corrected chi connectivity index (χ1v) is 9.04. The Morgan fingerprint density at radius 2 is 1.93 bits per heavy atom. The molecule has 0 saturated carbocycles. The number of amides is 3. The quantitative estimate of drug-likeness (QED) is 0.832. The highest BCUT2D eigenvalue weighted by molar-refractivity contribution is 5.96. The molecule has 0 spiro atoms. The lowest BCUT2D eigenvalue weighted by Crippen LogP contribution is -2.39. The summed E-state index contributed by atoms with van der Waals surface area (Å²) in [4.78, 5) is 40.0. The Morgan fingerprint density at radius 1 is 1.18 bits per heavy atom. The fourth-order valence-electron chi connectivity index (χ4n) is 3.27. The van der Waals surface area contributed by atoms with E-state index in [0.29, 0.717) is 18.8 Å². The number of hydrogen-bond acceptors (Lipinski definition) is 3. The van der Waals surface area contributed by atoms with Crippen LogP contribution in [-0.4, -0.2) is 47.7 Å². The third-order valence-electron chi connectivity index (χ3n) is 4.65. The number of carbonyl (C=O) groups is 3. The van der Waals surface area contributed by atoms with E-state index in [0.717, 1.165) is 5.56 Å². The molecule has 7 heteroatoms. The van der Waals surface area contributed by atoms with Crippen molar-refractivity contribution < 1.29 is 18.8 Å². The van der Waals surface area contributed by atoms with Gasteiger partial charge in [-0.15, -0.1) is 0 Å². The summed E-state index contributed by atoms with van der Waals surface area (Å²) in [5.41, 5.74) is 1.34. The maximum absolute atomic E-state index is 13.2. The van der Waals surface area contributed by atoms with Crippen molar-refractivity contribution in [1.82, 2.24) is 9.80 Å². The number of benzene rings is 2. The summed E-state index contributed by atoms with van der Waals surface area (Å²) in [6.07, 6.45) is 0.140. The van der Waals surface area contributed by atoms with E-state index in [1.54, 1.807) is 11.0 Å². The smallest absolute Gasteiger partial charge is 0.243 e. The van der Waals surface area contributed by atoms with Gasteiger partial charge in [0, 0.05) is 32.2 Å². The van der Waals surface area contributed by atoms with Crippen LogP contribution in [0.3, 0.4) is 0 Å². The molecule has 28 heavy (non-hydrogen) atoms. The van der Waals surface area contributed by atoms with Gasteiger partial charge >= 0.3 is 0 Å². The minimum Gasteiger partial charge on any atom is -0.338 e. The van der Waals surface area contributed by atoms with E-state index in [1.165, 1.54) is 30.1 Å². The van der Waals surface area contributed by atoms with Crippen LogP contribution in [0.15, 0.2) is 54.6 Å². The molecular formula is C21H22FN3O3. The van der Waals surface area contributed by atoms with Crippen molar-refractivity contribution in [1.29, 1.82) is 0 Å². The van der Waals surface area contributed by atoms with Gasteiger partial charge in [0.25, 0.3) is 0 Å². The Labute approximate surface area is 162 Å². The highest BCUT2D eigenvalue weighted by atomic mass is 19.1. The maximum atomic E-state index is 13.2. The fourth-order valence-corrected chi connectivity index (χ4v) is 3.27. The molecule has 1 fully saturated rings. The van der Waals surface area contributed by atoms with Gasteiger partial charge in [-0.05, 0) is 23.8 Å². The molecule has 6 nitrogen and oxygen atoms in total. The highest BCUT2D eigenvalue weighted by Gasteiger charge is 2.35. The molecule has 0 aliphatic carbocycles. The number of nitrogens with one attached hydrogen (secondary N) is 1. The van der Waals surface area contributed by atoms with Crippen LogP contribution in [0.25, 0.3) is 0 Å². The van der Waals surface area contributed by atoms with Crippen LogP contribution < -0.4 is 5.32 Å². The zero-order chi connectivity index (χ0) is 20.1. The molecule has 1 saturated heterocycles. The Hall–Kier alpha value is -3.22. The van der Waals surface area contributed by atoms with Crippen molar-refractivity contribution in [3.63, 3.8) is 0 Å². The van der Waals surface area contributed by atoms with Crippen molar-refractivity contribution in [2.45, 2.75) is 13.0 Å². The topological polar surface area (TPSA) is 69.7 Å². The maximum Gasteiger partial charge on any atom is 0.243 e. The number of carbonyl (C=O) groups excluding carboxylic acids is 3. The monoisotopic (exact) mass is 383 g/mol. The van der Waals surface area contributed by atoms with Gasteiger partial charge in [-0.1, -0.05) is 36.4 Å². The predicted molar refractivity (Wildman–Crippen MR) is 103 cm³/mol. The Kier molecular flexibility index (Phi) is 6.03. The molecule has 0 aromatic heterocycles. The number of hydrogen-bond donors (Lipinski definition) is 1. The Morgan fingerprint density at radius 3 is 2.64 bits per heavy atom. The molecule has 2 aromatic carbocycles. The molecule has 1 aliphatic heterocycles. The average molecular weight is 383 g/mol. The van der Waals surface area contributed by atoms with Crippen LogP contribution in [-0.2, 0) is 20.9 Å². The largest absolute Gasteiger partial charge is 0.338 e. The summed E-state index contributed by atoms with van der Waals surface area (Å²) in [6.45, 7) is 0.633. The number of nitrogens with zero attached hydrogens (tertiary/aromatic N) is 2. The zero-order valence-corrected chi connectivity index (χ0v) is 15.6. The van der Waals surface area contributed by atoms with E-state index in [4.69, 9.17) is 0 Å². The summed E-state index contributed by atoms with van der Waals surface area (Å²) in [5, 5.41) is 2.56. The van der Waals surface area contributed by atoms with Crippen molar-refractivity contribution in [3.05, 3.63) is 66.0 Å². The molecule has 2 aromatic rings. The lowest BCUT2D eigenvalue weighted by Gasteiger charge is -2.21. The molecule has 1 N–H and O–H groups in total. The molecule has 0 unspecified atom stereocenters. The zero-order valence-electron chi connectivity index (χ0n) is 15.6. The SMILES string of the molecule is CN(CC(=O)Nc1cccc(F)c1)C(=O)[C@H]1CC(=O)N(Cc2ccccc2)C1. The van der Waals surface area contributed by atoms with Crippen LogP contribution in [0.1, 0.15) is 12.0 Å². The Bertz CT molecular complexity index is 872. The third-order valence-corrected chi connectivity index (χ3v) is 4.65. The molecular weight excluding hydrogens is 361 g/mol. The molecule has 146 valence electrons. The fraction of sp³-hybridized carbons (Fsp3) is 0.286. The number of anilines is 1. The standard InChI is InChI=1S/C21H22FN3O3/c1-24(14-19(26)23-18-9-5-8-17(22)11-18)21(28)16-10-20(27)25(13-16)12-15-6-3-2-4-7-15/h2-9,11,16H,10,12-14H2,1H3,(H,23,26)/t16-/m0/s1.